The fraction of sp³-hybridized carbons (Fsp3) is 0.458. The first-order chi connectivity index (χ1) is 15.9. The Morgan fingerprint density at radius 1 is 1.15 bits per heavy atom. The molecule has 7 nitrogen and oxygen atoms in total. The van der Waals surface area contributed by atoms with Crippen molar-refractivity contribution < 1.29 is 32.2 Å². The quantitative estimate of drug-likeness (QED) is 0.681. The number of likely N-dealkylation sites (N-methyl/N-ethyl adjacent to an activating group) is 1. The summed E-state index contributed by atoms with van der Waals surface area (Å²) in [7, 11) is 1.57. The number of anilines is 2. The van der Waals surface area contributed by atoms with E-state index in [9.17, 15) is 22.8 Å². The second-order valence-electron chi connectivity index (χ2n) is 9.38. The molecule has 2 amide bonds. The number of amides is 2. The Hall–Kier alpha value is -2.98. The third-order valence-electron chi connectivity index (χ3n) is 6.54. The Balaban J connectivity index is 1.57. The van der Waals surface area contributed by atoms with E-state index in [-0.39, 0.29) is 11.5 Å². The summed E-state index contributed by atoms with van der Waals surface area (Å²) in [5, 5.41) is 0. The van der Waals surface area contributed by atoms with Crippen LogP contribution in [0.2, 0.25) is 0 Å². The van der Waals surface area contributed by atoms with Crippen LogP contribution in [-0.4, -0.2) is 47.9 Å². The molecule has 1 aromatic heterocycles. The van der Waals surface area contributed by atoms with Gasteiger partial charge in [0, 0.05) is 18.4 Å². The third kappa shape index (κ3) is 3.65. The zero-order valence-corrected chi connectivity index (χ0v) is 19.1. The fourth-order valence-electron chi connectivity index (χ4n) is 4.79. The van der Waals surface area contributed by atoms with Crippen molar-refractivity contribution in [3.63, 3.8) is 0 Å². The van der Waals surface area contributed by atoms with Crippen molar-refractivity contribution in [2.24, 2.45) is 0 Å². The van der Waals surface area contributed by atoms with Crippen molar-refractivity contribution in [1.29, 1.82) is 0 Å². The Kier molecular flexibility index (Phi) is 5.04. The summed E-state index contributed by atoms with van der Waals surface area (Å²) in [6, 6.07) is 6.11. The summed E-state index contributed by atoms with van der Waals surface area (Å²) >= 11 is 0. The van der Waals surface area contributed by atoms with Gasteiger partial charge in [-0.25, -0.2) is 4.98 Å². The highest BCUT2D eigenvalue weighted by molar-refractivity contribution is 6.11. The highest BCUT2D eigenvalue weighted by Gasteiger charge is 2.61. The molecule has 0 N–H and O–H groups in total. The third-order valence-corrected chi connectivity index (χ3v) is 6.54. The van der Waals surface area contributed by atoms with Crippen molar-refractivity contribution in [1.82, 2.24) is 4.98 Å². The van der Waals surface area contributed by atoms with Crippen LogP contribution in [0, 0.1) is 6.92 Å². The maximum Gasteiger partial charge on any atom is 0.416 e. The van der Waals surface area contributed by atoms with Crippen molar-refractivity contribution in [3.05, 3.63) is 52.7 Å². The number of benzene rings is 1. The number of rotatable bonds is 3. The van der Waals surface area contributed by atoms with Crippen LogP contribution < -0.4 is 9.80 Å². The number of ether oxygens (including phenoxy) is 2. The molecule has 0 spiro atoms. The number of aromatic nitrogens is 1. The Morgan fingerprint density at radius 3 is 2.47 bits per heavy atom. The normalized spacial score (nSPS) is 25.1. The lowest BCUT2D eigenvalue weighted by Crippen LogP contribution is -2.51. The molecule has 2 fully saturated rings. The molecule has 10 heteroatoms. The van der Waals surface area contributed by atoms with Gasteiger partial charge in [0.05, 0.1) is 5.56 Å². The molecule has 0 radical (unpaired) electrons. The van der Waals surface area contributed by atoms with Crippen molar-refractivity contribution in [3.8, 4) is 0 Å². The number of pyridine rings is 1. The molecule has 180 valence electrons. The maximum atomic E-state index is 13.8. The highest BCUT2D eigenvalue weighted by Crippen LogP contribution is 2.41. The molecule has 2 saturated heterocycles. The molecule has 1 aliphatic carbocycles. The molecule has 34 heavy (non-hydrogen) atoms. The van der Waals surface area contributed by atoms with Crippen LogP contribution in [0.4, 0.5) is 24.7 Å². The van der Waals surface area contributed by atoms with Crippen LogP contribution in [0.1, 0.15) is 36.2 Å². The number of aryl methyl sites for hydroxylation is 3. The van der Waals surface area contributed by atoms with Crippen LogP contribution in [0.25, 0.3) is 0 Å². The number of fused-ring (bicyclic) bond motifs is 2. The van der Waals surface area contributed by atoms with E-state index in [0.717, 1.165) is 35.4 Å². The number of nitrogens with zero attached hydrogens (tertiary/aromatic N) is 3. The van der Waals surface area contributed by atoms with Gasteiger partial charge in [-0.2, -0.15) is 13.2 Å². The van der Waals surface area contributed by atoms with Crippen molar-refractivity contribution >= 4 is 23.3 Å². The molecule has 2 aliphatic heterocycles. The van der Waals surface area contributed by atoms with E-state index < -0.39 is 47.6 Å². The lowest BCUT2D eigenvalue weighted by Gasteiger charge is -2.32. The summed E-state index contributed by atoms with van der Waals surface area (Å²) in [6.07, 6.45) is -4.87. The predicted octanol–water partition coefficient (Wildman–Crippen LogP) is 3.41. The number of alkyl halides is 3. The molecule has 5 rings (SSSR count). The second-order valence-corrected chi connectivity index (χ2v) is 9.38. The molecule has 3 heterocycles. The molecule has 2 aromatic rings. The first-order valence-electron chi connectivity index (χ1n) is 11.0. The lowest BCUT2D eigenvalue weighted by atomic mass is 9.88. The summed E-state index contributed by atoms with van der Waals surface area (Å²) in [5.41, 5.74) is 2.11. The number of hydrogen-bond donors (Lipinski definition) is 0. The molecule has 1 aromatic carbocycles. The average molecular weight is 475 g/mol. The van der Waals surface area contributed by atoms with Gasteiger partial charge in [-0.15, -0.1) is 0 Å². The minimum absolute atomic E-state index is 0.0683. The van der Waals surface area contributed by atoms with Crippen LogP contribution in [0.3, 0.4) is 0 Å². The monoisotopic (exact) mass is 475 g/mol. The minimum atomic E-state index is -4.64. The van der Waals surface area contributed by atoms with Gasteiger partial charge < -0.3 is 14.4 Å². The maximum absolute atomic E-state index is 13.8. The van der Waals surface area contributed by atoms with Gasteiger partial charge >= 0.3 is 6.18 Å². The first kappa shape index (κ1) is 22.8. The van der Waals surface area contributed by atoms with E-state index in [4.69, 9.17) is 9.47 Å². The fourth-order valence-corrected chi connectivity index (χ4v) is 4.79. The lowest BCUT2D eigenvalue weighted by molar-refractivity contribution is -0.161. The number of carbonyl (C=O) groups excluding carboxylic acids is 2. The predicted molar refractivity (Wildman–Crippen MR) is 116 cm³/mol. The SMILES string of the molecule is Cc1cc(C(F)(F)F)cc(N2C(=O)C3OC(C)(C)OC3C2C(=O)N(C)c2ccc3c(c2)CC3)n1. The number of carbonyl (C=O) groups is 2. The summed E-state index contributed by atoms with van der Waals surface area (Å²) in [6.45, 7) is 4.65. The smallest absolute Gasteiger partial charge is 0.341 e. The first-order valence-corrected chi connectivity index (χ1v) is 11.0. The zero-order valence-electron chi connectivity index (χ0n) is 19.1. The van der Waals surface area contributed by atoms with Gasteiger partial charge in [0.1, 0.15) is 18.0 Å². The van der Waals surface area contributed by atoms with E-state index >= 15 is 0 Å². The Labute approximate surface area is 194 Å². The molecule has 3 aliphatic rings. The zero-order chi connectivity index (χ0) is 24.6. The van der Waals surface area contributed by atoms with Gasteiger partial charge in [0.15, 0.2) is 11.9 Å². The second kappa shape index (κ2) is 7.51. The number of hydrogen-bond acceptors (Lipinski definition) is 5. The van der Waals surface area contributed by atoms with Crippen LogP contribution >= 0.6 is 0 Å². The summed E-state index contributed by atoms with van der Waals surface area (Å²) in [4.78, 5) is 33.7. The summed E-state index contributed by atoms with van der Waals surface area (Å²) < 4.78 is 52.1. The van der Waals surface area contributed by atoms with E-state index in [1.807, 2.05) is 18.2 Å². The van der Waals surface area contributed by atoms with Crippen molar-refractivity contribution in [2.45, 2.75) is 63.8 Å². The largest absolute Gasteiger partial charge is 0.416 e. The van der Waals surface area contributed by atoms with Crippen LogP contribution in [0.5, 0.6) is 0 Å². The molecule has 0 saturated carbocycles. The molecule has 3 atom stereocenters. The average Bonchev–Trinajstić information content (AvgIpc) is 3.17. The topological polar surface area (TPSA) is 72.0 Å². The molecular weight excluding hydrogens is 451 g/mol. The van der Waals surface area contributed by atoms with Gasteiger partial charge in [-0.3, -0.25) is 14.5 Å². The van der Waals surface area contributed by atoms with E-state index in [1.165, 1.54) is 17.4 Å². The summed E-state index contributed by atoms with van der Waals surface area (Å²) in [5.74, 6) is -2.55. The van der Waals surface area contributed by atoms with E-state index in [0.29, 0.717) is 5.69 Å². The van der Waals surface area contributed by atoms with E-state index in [1.54, 1.807) is 20.9 Å². The molecular formula is C24H24F3N3O4. The van der Waals surface area contributed by atoms with Gasteiger partial charge in [0.2, 0.25) is 0 Å². The van der Waals surface area contributed by atoms with Gasteiger partial charge in [-0.1, -0.05) is 6.07 Å². The van der Waals surface area contributed by atoms with Crippen LogP contribution in [0.15, 0.2) is 30.3 Å². The Morgan fingerprint density at radius 2 is 1.85 bits per heavy atom. The minimum Gasteiger partial charge on any atom is -0.341 e. The standard InChI is InChI=1S/C24H24F3N3O4/c1-12-9-15(24(25,26)27)11-17(28-12)30-18(19-20(22(30)32)34-23(2,3)33-19)21(31)29(4)16-8-7-13-5-6-14(13)10-16/h7-11,18-20H,5-6H2,1-4H3. The van der Waals surface area contributed by atoms with Gasteiger partial charge in [-0.05, 0) is 69.0 Å². The van der Waals surface area contributed by atoms with Crippen LogP contribution in [-0.2, 0) is 38.1 Å². The highest BCUT2D eigenvalue weighted by atomic mass is 19.4. The number of halogens is 3. The van der Waals surface area contributed by atoms with Crippen molar-refractivity contribution in [2.75, 3.05) is 16.8 Å². The Bertz CT molecular complexity index is 1200. The molecule has 0 bridgehead atoms. The van der Waals surface area contributed by atoms with Gasteiger partial charge in [0.25, 0.3) is 11.8 Å². The van der Waals surface area contributed by atoms with E-state index in [2.05, 4.69) is 4.98 Å². The molecule has 3 unspecified atom stereocenters.